The van der Waals surface area contributed by atoms with Crippen molar-refractivity contribution in [2.24, 2.45) is 13.0 Å². The topological polar surface area (TPSA) is 84.2 Å². The van der Waals surface area contributed by atoms with E-state index in [9.17, 15) is 9.59 Å². The van der Waals surface area contributed by atoms with Crippen LogP contribution >= 0.6 is 0 Å². The highest BCUT2D eigenvalue weighted by molar-refractivity contribution is 5.94. The molecule has 154 valence electrons. The number of carbonyl (C=O) groups is 1. The first-order chi connectivity index (χ1) is 14.5. The molecule has 1 amide bonds. The molecule has 30 heavy (non-hydrogen) atoms. The molecule has 0 aliphatic carbocycles. The molecule has 0 saturated carbocycles. The van der Waals surface area contributed by atoms with Gasteiger partial charge in [0.25, 0.3) is 5.56 Å². The van der Waals surface area contributed by atoms with Gasteiger partial charge in [-0.25, -0.2) is 15.0 Å². The minimum atomic E-state index is -0.163. The van der Waals surface area contributed by atoms with Gasteiger partial charge in [-0.15, -0.1) is 0 Å². The van der Waals surface area contributed by atoms with E-state index in [1.165, 1.54) is 17.0 Å². The Morgan fingerprint density at radius 1 is 1.17 bits per heavy atom. The van der Waals surface area contributed by atoms with E-state index in [4.69, 9.17) is 4.98 Å². The molecule has 1 atom stereocenters. The number of benzene rings is 1. The smallest absolute Gasteiger partial charge is 0.255 e. The van der Waals surface area contributed by atoms with Crippen LogP contribution in [0.5, 0.6) is 0 Å². The molecule has 8 heteroatoms. The predicted octanol–water partition coefficient (Wildman–Crippen LogP) is 2.12. The van der Waals surface area contributed by atoms with Gasteiger partial charge in [0.2, 0.25) is 11.9 Å². The zero-order chi connectivity index (χ0) is 21.1. The standard InChI is InChI=1S/C22H24N6O2/c1-26(17-8-4-3-5-9-17)21(30)16-7-6-12-28(14-16)22-25-19(13-20(29)27(22)2)18-10-11-23-15-24-18/h3-5,8-11,13,15-16H,6-7,12,14H2,1-2H3. The number of nitrogens with zero attached hydrogens (tertiary/aromatic N) is 6. The summed E-state index contributed by atoms with van der Waals surface area (Å²) in [5.74, 6) is 0.461. The van der Waals surface area contributed by atoms with Gasteiger partial charge in [-0.1, -0.05) is 18.2 Å². The normalized spacial score (nSPS) is 16.3. The Morgan fingerprint density at radius 2 is 1.97 bits per heavy atom. The lowest BCUT2D eigenvalue weighted by atomic mass is 9.96. The van der Waals surface area contributed by atoms with Crippen molar-refractivity contribution in [1.29, 1.82) is 0 Å². The maximum Gasteiger partial charge on any atom is 0.255 e. The summed E-state index contributed by atoms with van der Waals surface area (Å²) in [7, 11) is 3.51. The number of aromatic nitrogens is 4. The average molecular weight is 404 g/mol. The summed E-state index contributed by atoms with van der Waals surface area (Å²) in [6.45, 7) is 1.26. The summed E-state index contributed by atoms with van der Waals surface area (Å²) >= 11 is 0. The number of hydrogen-bond acceptors (Lipinski definition) is 6. The molecular formula is C22H24N6O2. The molecule has 4 rings (SSSR count). The number of carbonyl (C=O) groups excluding carboxylic acids is 1. The maximum absolute atomic E-state index is 13.1. The number of amides is 1. The Hall–Kier alpha value is -3.55. The summed E-state index contributed by atoms with van der Waals surface area (Å²) in [4.78, 5) is 42.2. The number of piperidine rings is 1. The first-order valence-electron chi connectivity index (χ1n) is 9.96. The molecule has 1 aliphatic rings. The molecule has 2 aromatic heterocycles. The molecule has 3 aromatic rings. The third-order valence-electron chi connectivity index (χ3n) is 5.48. The fourth-order valence-electron chi connectivity index (χ4n) is 3.80. The van der Waals surface area contributed by atoms with Crippen LogP contribution in [0.15, 0.2) is 59.8 Å². The van der Waals surface area contributed by atoms with Crippen molar-refractivity contribution in [2.45, 2.75) is 12.8 Å². The minimum Gasteiger partial charge on any atom is -0.341 e. The second-order valence-corrected chi connectivity index (χ2v) is 7.45. The number of anilines is 2. The Kier molecular flexibility index (Phi) is 5.56. The van der Waals surface area contributed by atoms with E-state index in [0.717, 1.165) is 25.1 Å². The summed E-state index contributed by atoms with van der Waals surface area (Å²) in [5, 5.41) is 0. The monoisotopic (exact) mass is 404 g/mol. The van der Waals surface area contributed by atoms with Crippen LogP contribution in [0.1, 0.15) is 12.8 Å². The van der Waals surface area contributed by atoms with Crippen molar-refractivity contribution in [1.82, 2.24) is 19.5 Å². The molecule has 1 unspecified atom stereocenters. The van der Waals surface area contributed by atoms with Gasteiger partial charge in [-0.2, -0.15) is 0 Å². The molecule has 0 N–H and O–H groups in total. The molecule has 8 nitrogen and oxygen atoms in total. The molecule has 1 aromatic carbocycles. The fraction of sp³-hybridized carbons (Fsp3) is 0.318. The lowest BCUT2D eigenvalue weighted by molar-refractivity contribution is -0.122. The first-order valence-corrected chi connectivity index (χ1v) is 9.96. The number of para-hydroxylation sites is 1. The summed E-state index contributed by atoms with van der Waals surface area (Å²) in [5.41, 5.74) is 1.81. The zero-order valence-electron chi connectivity index (χ0n) is 17.1. The van der Waals surface area contributed by atoms with Crippen LogP contribution in [0, 0.1) is 5.92 Å². The Balaban J connectivity index is 1.60. The highest BCUT2D eigenvalue weighted by atomic mass is 16.2. The van der Waals surface area contributed by atoms with E-state index in [-0.39, 0.29) is 17.4 Å². The van der Waals surface area contributed by atoms with Crippen molar-refractivity contribution in [3.63, 3.8) is 0 Å². The van der Waals surface area contributed by atoms with E-state index in [2.05, 4.69) is 9.97 Å². The highest BCUT2D eigenvalue weighted by Gasteiger charge is 2.30. The van der Waals surface area contributed by atoms with Gasteiger partial charge in [0.15, 0.2) is 0 Å². The van der Waals surface area contributed by atoms with Crippen molar-refractivity contribution >= 4 is 17.5 Å². The van der Waals surface area contributed by atoms with E-state index in [0.29, 0.717) is 23.9 Å². The molecule has 0 radical (unpaired) electrons. The Morgan fingerprint density at radius 3 is 2.70 bits per heavy atom. The lowest BCUT2D eigenvalue weighted by Gasteiger charge is -2.35. The average Bonchev–Trinajstić information content (AvgIpc) is 2.81. The quantitative estimate of drug-likeness (QED) is 0.662. The molecule has 0 bridgehead atoms. The third kappa shape index (κ3) is 3.94. The second-order valence-electron chi connectivity index (χ2n) is 7.45. The first kappa shape index (κ1) is 19.8. The van der Waals surface area contributed by atoms with Gasteiger partial charge in [0.05, 0.1) is 17.3 Å². The Bertz CT molecular complexity index is 1080. The predicted molar refractivity (Wildman–Crippen MR) is 115 cm³/mol. The third-order valence-corrected chi connectivity index (χ3v) is 5.48. The van der Waals surface area contributed by atoms with Gasteiger partial charge in [0.1, 0.15) is 6.33 Å². The summed E-state index contributed by atoms with van der Waals surface area (Å²) < 4.78 is 1.53. The van der Waals surface area contributed by atoms with Crippen LogP contribution in [0.3, 0.4) is 0 Å². The van der Waals surface area contributed by atoms with E-state index < -0.39 is 0 Å². The van der Waals surface area contributed by atoms with Crippen LogP contribution in [-0.2, 0) is 11.8 Å². The number of rotatable bonds is 4. The Labute approximate surface area is 174 Å². The van der Waals surface area contributed by atoms with Crippen molar-refractivity contribution in [3.05, 3.63) is 65.3 Å². The highest BCUT2D eigenvalue weighted by Crippen LogP contribution is 2.25. The molecule has 3 heterocycles. The molecule has 1 aliphatic heterocycles. The van der Waals surface area contributed by atoms with E-state index in [1.807, 2.05) is 35.2 Å². The molecule has 1 saturated heterocycles. The zero-order valence-corrected chi connectivity index (χ0v) is 17.1. The summed E-state index contributed by atoms with van der Waals surface area (Å²) in [6, 6.07) is 12.8. The van der Waals surface area contributed by atoms with Crippen molar-refractivity contribution in [3.8, 4) is 11.4 Å². The van der Waals surface area contributed by atoms with Crippen LogP contribution in [0.2, 0.25) is 0 Å². The summed E-state index contributed by atoms with van der Waals surface area (Å²) in [6.07, 6.45) is 4.72. The van der Waals surface area contributed by atoms with Crippen LogP contribution < -0.4 is 15.4 Å². The van der Waals surface area contributed by atoms with Crippen LogP contribution in [0.4, 0.5) is 11.6 Å². The largest absolute Gasteiger partial charge is 0.341 e. The van der Waals surface area contributed by atoms with Gasteiger partial charge in [0, 0.05) is 45.1 Å². The van der Waals surface area contributed by atoms with Crippen LogP contribution in [0.25, 0.3) is 11.4 Å². The van der Waals surface area contributed by atoms with Crippen molar-refractivity contribution in [2.75, 3.05) is 29.9 Å². The SMILES string of the molecule is CN(C(=O)C1CCCN(c2nc(-c3ccncn3)cc(=O)n2C)C1)c1ccccc1. The maximum atomic E-state index is 13.1. The molecular weight excluding hydrogens is 380 g/mol. The van der Waals surface area contributed by atoms with Gasteiger partial charge in [-0.3, -0.25) is 14.2 Å². The van der Waals surface area contributed by atoms with E-state index in [1.54, 1.807) is 31.3 Å². The van der Waals surface area contributed by atoms with E-state index >= 15 is 0 Å². The number of hydrogen-bond donors (Lipinski definition) is 0. The minimum absolute atomic E-state index is 0.0721. The van der Waals surface area contributed by atoms with Crippen LogP contribution in [-0.4, -0.2) is 45.6 Å². The molecule has 0 spiro atoms. The van der Waals surface area contributed by atoms with Gasteiger partial charge >= 0.3 is 0 Å². The van der Waals surface area contributed by atoms with Crippen molar-refractivity contribution < 1.29 is 4.79 Å². The second kappa shape index (κ2) is 8.44. The lowest BCUT2D eigenvalue weighted by Crippen LogP contribution is -2.45. The van der Waals surface area contributed by atoms with Gasteiger partial charge in [-0.05, 0) is 31.0 Å². The molecule has 1 fully saturated rings. The fourth-order valence-corrected chi connectivity index (χ4v) is 3.80. The van der Waals surface area contributed by atoms with Gasteiger partial charge < -0.3 is 9.80 Å².